The predicted molar refractivity (Wildman–Crippen MR) is 70.1 cm³/mol. The first-order valence-corrected chi connectivity index (χ1v) is 6.69. The molecule has 104 valence electrons. The van der Waals surface area contributed by atoms with Crippen LogP contribution in [0.3, 0.4) is 0 Å². The van der Waals surface area contributed by atoms with Gasteiger partial charge in [0.2, 0.25) is 5.91 Å². The molecule has 1 atom stereocenters. The lowest BCUT2D eigenvalue weighted by Gasteiger charge is -2.22. The number of unbranched alkanes of at least 4 members (excludes halogenated alkanes) is 1. The number of imide groups is 1. The van der Waals surface area contributed by atoms with Gasteiger partial charge in [-0.2, -0.15) is 0 Å². The number of rotatable bonds is 6. The summed E-state index contributed by atoms with van der Waals surface area (Å²) in [6, 6.07) is -0.129. The van der Waals surface area contributed by atoms with Gasteiger partial charge in [0, 0.05) is 19.1 Å². The Balaban J connectivity index is 2.22. The van der Waals surface area contributed by atoms with E-state index in [1.807, 2.05) is 11.8 Å². The fourth-order valence-corrected chi connectivity index (χ4v) is 2.14. The van der Waals surface area contributed by atoms with Crippen molar-refractivity contribution >= 4 is 11.9 Å². The number of carbonyl (C=O) groups is 2. The van der Waals surface area contributed by atoms with Gasteiger partial charge in [0.15, 0.2) is 0 Å². The van der Waals surface area contributed by atoms with E-state index in [-0.39, 0.29) is 18.5 Å². The van der Waals surface area contributed by atoms with Crippen LogP contribution >= 0.6 is 0 Å². The SMILES string of the molecule is CCCCNC(=O)NC(=O)CN1CCCC1CN. The number of hydrogen-bond donors (Lipinski definition) is 3. The van der Waals surface area contributed by atoms with Crippen LogP contribution in [0.15, 0.2) is 0 Å². The van der Waals surface area contributed by atoms with Crippen LogP contribution in [-0.4, -0.2) is 49.1 Å². The zero-order chi connectivity index (χ0) is 13.4. The summed E-state index contributed by atoms with van der Waals surface area (Å²) >= 11 is 0. The van der Waals surface area contributed by atoms with Gasteiger partial charge in [-0.15, -0.1) is 0 Å². The van der Waals surface area contributed by atoms with Crippen molar-refractivity contribution in [3.63, 3.8) is 0 Å². The molecule has 1 aliphatic heterocycles. The summed E-state index contributed by atoms with van der Waals surface area (Å²) in [4.78, 5) is 25.1. The van der Waals surface area contributed by atoms with Crippen molar-refractivity contribution in [1.82, 2.24) is 15.5 Å². The Hall–Kier alpha value is -1.14. The number of likely N-dealkylation sites (tertiary alicyclic amines) is 1. The predicted octanol–water partition coefficient (Wildman–Crippen LogP) is 0.0354. The molecule has 0 aliphatic carbocycles. The Kier molecular flexibility index (Phi) is 6.67. The standard InChI is InChI=1S/C12H24N4O2/c1-2-3-6-14-12(18)15-11(17)9-16-7-4-5-10(16)8-13/h10H,2-9,13H2,1H3,(H2,14,15,17,18). The highest BCUT2D eigenvalue weighted by Crippen LogP contribution is 2.14. The summed E-state index contributed by atoms with van der Waals surface area (Å²) in [7, 11) is 0. The normalized spacial score (nSPS) is 19.8. The molecule has 3 amide bonds. The van der Waals surface area contributed by atoms with E-state index in [1.165, 1.54) is 0 Å². The van der Waals surface area contributed by atoms with Crippen molar-refractivity contribution in [1.29, 1.82) is 0 Å². The van der Waals surface area contributed by atoms with Gasteiger partial charge in [0.25, 0.3) is 0 Å². The van der Waals surface area contributed by atoms with E-state index in [0.29, 0.717) is 13.1 Å². The van der Waals surface area contributed by atoms with E-state index >= 15 is 0 Å². The first kappa shape index (κ1) is 14.9. The lowest BCUT2D eigenvalue weighted by Crippen LogP contribution is -2.47. The number of amides is 3. The highest BCUT2D eigenvalue weighted by Gasteiger charge is 2.25. The third-order valence-corrected chi connectivity index (χ3v) is 3.19. The molecular weight excluding hydrogens is 232 g/mol. The molecule has 18 heavy (non-hydrogen) atoms. The van der Waals surface area contributed by atoms with Crippen LogP contribution in [0.25, 0.3) is 0 Å². The quantitative estimate of drug-likeness (QED) is 0.585. The molecule has 1 heterocycles. The molecule has 1 fully saturated rings. The van der Waals surface area contributed by atoms with Crippen molar-refractivity contribution in [3.8, 4) is 0 Å². The summed E-state index contributed by atoms with van der Waals surface area (Å²) in [5.74, 6) is -0.260. The topological polar surface area (TPSA) is 87.5 Å². The van der Waals surface area contributed by atoms with E-state index in [2.05, 4.69) is 10.6 Å². The Bertz CT molecular complexity index is 283. The summed E-state index contributed by atoms with van der Waals surface area (Å²) in [6.45, 7) is 4.35. The van der Waals surface area contributed by atoms with Crippen LogP contribution in [0.5, 0.6) is 0 Å². The van der Waals surface area contributed by atoms with Gasteiger partial charge in [0.1, 0.15) is 0 Å². The maximum absolute atomic E-state index is 11.6. The van der Waals surface area contributed by atoms with Gasteiger partial charge in [-0.25, -0.2) is 4.79 Å². The molecule has 0 saturated carbocycles. The van der Waals surface area contributed by atoms with Crippen LogP contribution in [0.4, 0.5) is 4.79 Å². The summed E-state index contributed by atoms with van der Waals surface area (Å²) < 4.78 is 0. The van der Waals surface area contributed by atoms with Gasteiger partial charge in [-0.1, -0.05) is 13.3 Å². The Labute approximate surface area is 108 Å². The van der Waals surface area contributed by atoms with E-state index in [1.54, 1.807) is 0 Å². The molecule has 1 unspecified atom stereocenters. The fourth-order valence-electron chi connectivity index (χ4n) is 2.14. The van der Waals surface area contributed by atoms with Gasteiger partial charge < -0.3 is 11.1 Å². The van der Waals surface area contributed by atoms with Crippen LogP contribution in [0, 0.1) is 0 Å². The lowest BCUT2D eigenvalue weighted by molar-refractivity contribution is -0.121. The number of nitrogens with two attached hydrogens (primary N) is 1. The molecule has 1 rings (SSSR count). The average molecular weight is 256 g/mol. The third-order valence-electron chi connectivity index (χ3n) is 3.19. The van der Waals surface area contributed by atoms with E-state index in [0.717, 1.165) is 32.2 Å². The molecule has 0 aromatic rings. The first-order chi connectivity index (χ1) is 8.67. The molecule has 1 aliphatic rings. The highest BCUT2D eigenvalue weighted by atomic mass is 16.2. The van der Waals surface area contributed by atoms with Crippen LogP contribution < -0.4 is 16.4 Å². The minimum atomic E-state index is -0.406. The second-order valence-corrected chi connectivity index (χ2v) is 4.66. The third kappa shape index (κ3) is 5.01. The molecule has 0 spiro atoms. The van der Waals surface area contributed by atoms with Gasteiger partial charge >= 0.3 is 6.03 Å². The monoisotopic (exact) mass is 256 g/mol. The zero-order valence-corrected chi connectivity index (χ0v) is 11.1. The summed E-state index contributed by atoms with van der Waals surface area (Å²) in [5, 5.41) is 4.99. The second-order valence-electron chi connectivity index (χ2n) is 4.66. The van der Waals surface area contributed by atoms with Gasteiger partial charge in [0.05, 0.1) is 6.54 Å². The molecular formula is C12H24N4O2. The fraction of sp³-hybridized carbons (Fsp3) is 0.833. The molecule has 4 N–H and O–H groups in total. The van der Waals surface area contributed by atoms with E-state index in [9.17, 15) is 9.59 Å². The molecule has 0 aromatic carbocycles. The number of hydrogen-bond acceptors (Lipinski definition) is 4. The minimum Gasteiger partial charge on any atom is -0.338 e. The Morgan fingerprint density at radius 3 is 2.89 bits per heavy atom. The van der Waals surface area contributed by atoms with Crippen molar-refractivity contribution < 1.29 is 9.59 Å². The molecule has 6 heteroatoms. The highest BCUT2D eigenvalue weighted by molar-refractivity contribution is 5.95. The van der Waals surface area contributed by atoms with Crippen molar-refractivity contribution in [2.45, 2.75) is 38.6 Å². The summed E-state index contributed by atoms with van der Waals surface area (Å²) in [6.07, 6.45) is 4.04. The molecule has 6 nitrogen and oxygen atoms in total. The second kappa shape index (κ2) is 8.05. The van der Waals surface area contributed by atoms with Crippen molar-refractivity contribution in [2.75, 3.05) is 26.2 Å². The Morgan fingerprint density at radius 2 is 2.22 bits per heavy atom. The van der Waals surface area contributed by atoms with Crippen LogP contribution in [0.1, 0.15) is 32.6 Å². The zero-order valence-electron chi connectivity index (χ0n) is 11.1. The number of carbonyl (C=O) groups excluding carboxylic acids is 2. The minimum absolute atomic E-state index is 0.253. The maximum atomic E-state index is 11.6. The molecule has 0 bridgehead atoms. The van der Waals surface area contributed by atoms with Gasteiger partial charge in [-0.05, 0) is 25.8 Å². The Morgan fingerprint density at radius 1 is 1.44 bits per heavy atom. The van der Waals surface area contributed by atoms with Crippen molar-refractivity contribution in [3.05, 3.63) is 0 Å². The largest absolute Gasteiger partial charge is 0.338 e. The number of nitrogens with one attached hydrogen (secondary N) is 2. The van der Waals surface area contributed by atoms with Crippen LogP contribution in [-0.2, 0) is 4.79 Å². The smallest absolute Gasteiger partial charge is 0.321 e. The maximum Gasteiger partial charge on any atom is 0.321 e. The van der Waals surface area contributed by atoms with E-state index < -0.39 is 6.03 Å². The number of nitrogens with zero attached hydrogens (tertiary/aromatic N) is 1. The van der Waals surface area contributed by atoms with Crippen molar-refractivity contribution in [2.24, 2.45) is 5.73 Å². The molecule has 0 aromatic heterocycles. The summed E-state index contributed by atoms with van der Waals surface area (Å²) in [5.41, 5.74) is 5.63. The van der Waals surface area contributed by atoms with Crippen LogP contribution in [0.2, 0.25) is 0 Å². The molecule has 0 radical (unpaired) electrons. The van der Waals surface area contributed by atoms with E-state index in [4.69, 9.17) is 5.73 Å². The van der Waals surface area contributed by atoms with Gasteiger partial charge in [-0.3, -0.25) is 15.0 Å². The average Bonchev–Trinajstić information content (AvgIpc) is 2.76. The molecule has 1 saturated heterocycles. The number of urea groups is 1. The first-order valence-electron chi connectivity index (χ1n) is 6.69. The lowest BCUT2D eigenvalue weighted by atomic mass is 10.2.